The number of carbonyl (C=O) groups is 1. The zero-order valence-corrected chi connectivity index (χ0v) is 17.8. The third-order valence-corrected chi connectivity index (χ3v) is 6.71. The molecule has 0 fully saturated rings. The first-order valence-corrected chi connectivity index (χ1v) is 10.6. The van der Waals surface area contributed by atoms with Crippen LogP contribution in [0, 0.1) is 13.8 Å². The second-order valence-electron chi connectivity index (χ2n) is 5.98. The minimum Gasteiger partial charge on any atom is -0.266 e. The third-order valence-electron chi connectivity index (χ3n) is 3.94. The van der Waals surface area contributed by atoms with Gasteiger partial charge in [-0.05, 0) is 43.7 Å². The topological polar surface area (TPSA) is 81.1 Å². The van der Waals surface area contributed by atoms with Crippen molar-refractivity contribution in [3.05, 3.63) is 74.5 Å². The molecule has 10 heteroatoms. The molecule has 1 amide bonds. The van der Waals surface area contributed by atoms with Gasteiger partial charge in [-0.25, -0.2) is 17.8 Å². The van der Waals surface area contributed by atoms with E-state index in [4.69, 9.17) is 34.8 Å². The molecule has 0 spiro atoms. The van der Waals surface area contributed by atoms with Crippen LogP contribution in [0.5, 0.6) is 0 Å². The van der Waals surface area contributed by atoms with E-state index in [0.29, 0.717) is 22.0 Å². The van der Waals surface area contributed by atoms with E-state index in [1.165, 1.54) is 16.8 Å². The summed E-state index contributed by atoms with van der Waals surface area (Å²) < 4.78 is 28.7. The lowest BCUT2D eigenvalue weighted by molar-refractivity contribution is 0.0976. The summed E-state index contributed by atoms with van der Waals surface area (Å²) in [7, 11) is -4.18. The molecule has 3 aromatic rings. The van der Waals surface area contributed by atoms with Crippen molar-refractivity contribution in [2.24, 2.45) is 0 Å². The molecule has 0 radical (unpaired) electrons. The lowest BCUT2D eigenvalue weighted by Crippen LogP contribution is -2.31. The van der Waals surface area contributed by atoms with E-state index >= 15 is 0 Å². The Kier molecular flexibility index (Phi) is 5.72. The monoisotopic (exact) mass is 457 g/mol. The summed E-state index contributed by atoms with van der Waals surface area (Å²) >= 11 is 18.2. The first kappa shape index (κ1) is 20.7. The van der Waals surface area contributed by atoms with Crippen molar-refractivity contribution >= 4 is 50.7 Å². The number of benzene rings is 2. The minimum atomic E-state index is -4.18. The van der Waals surface area contributed by atoms with Gasteiger partial charge in [-0.1, -0.05) is 53.0 Å². The summed E-state index contributed by atoms with van der Waals surface area (Å²) in [6.45, 7) is 3.29. The van der Waals surface area contributed by atoms with Gasteiger partial charge in [0.2, 0.25) is 0 Å². The maximum Gasteiger partial charge on any atom is 0.285 e. The van der Waals surface area contributed by atoms with Crippen molar-refractivity contribution in [3.8, 4) is 5.69 Å². The fourth-order valence-corrected chi connectivity index (χ4v) is 4.84. The van der Waals surface area contributed by atoms with Crippen LogP contribution in [0.25, 0.3) is 5.69 Å². The Bertz CT molecular complexity index is 1170. The molecule has 3 rings (SSSR count). The van der Waals surface area contributed by atoms with Gasteiger partial charge in [0.1, 0.15) is 4.90 Å². The largest absolute Gasteiger partial charge is 0.285 e. The SMILES string of the molecule is Cc1cccc(Cl)c1S(=O)(=O)NC(=O)c1cc(C)n(-c2cccc(Cl)c2Cl)n1. The number of rotatable bonds is 4. The molecule has 146 valence electrons. The number of sulfonamides is 1. The average molecular weight is 459 g/mol. The number of hydrogen-bond acceptors (Lipinski definition) is 4. The number of nitrogens with one attached hydrogen (secondary N) is 1. The zero-order chi connectivity index (χ0) is 20.6. The van der Waals surface area contributed by atoms with E-state index in [0.717, 1.165) is 0 Å². The van der Waals surface area contributed by atoms with E-state index in [1.54, 1.807) is 44.2 Å². The van der Waals surface area contributed by atoms with Crippen LogP contribution in [-0.2, 0) is 10.0 Å². The molecule has 0 saturated carbocycles. The van der Waals surface area contributed by atoms with Crippen molar-refractivity contribution in [1.82, 2.24) is 14.5 Å². The summed E-state index contributed by atoms with van der Waals surface area (Å²) in [6.07, 6.45) is 0. The number of hydrogen-bond donors (Lipinski definition) is 1. The summed E-state index contributed by atoms with van der Waals surface area (Å²) in [5.41, 5.74) is 1.36. The number of aryl methyl sites for hydroxylation is 2. The molecule has 6 nitrogen and oxygen atoms in total. The Morgan fingerprint density at radius 2 is 1.68 bits per heavy atom. The minimum absolute atomic E-state index is 0.0210. The third kappa shape index (κ3) is 3.89. The number of nitrogens with zero attached hydrogens (tertiary/aromatic N) is 2. The number of carbonyl (C=O) groups excluding carboxylic acids is 1. The van der Waals surface area contributed by atoms with Gasteiger partial charge in [-0.3, -0.25) is 4.79 Å². The van der Waals surface area contributed by atoms with Gasteiger partial charge in [-0.15, -0.1) is 0 Å². The highest BCUT2D eigenvalue weighted by Crippen LogP contribution is 2.29. The van der Waals surface area contributed by atoms with E-state index in [2.05, 4.69) is 5.10 Å². The quantitative estimate of drug-likeness (QED) is 0.621. The normalized spacial score (nSPS) is 11.5. The summed E-state index contributed by atoms with van der Waals surface area (Å²) in [4.78, 5) is 12.4. The molecule has 0 aliphatic rings. The zero-order valence-electron chi connectivity index (χ0n) is 14.7. The molecule has 0 unspecified atom stereocenters. The highest BCUT2D eigenvalue weighted by Gasteiger charge is 2.25. The maximum absolute atomic E-state index is 12.6. The second kappa shape index (κ2) is 7.75. The fourth-order valence-electron chi connectivity index (χ4n) is 2.67. The molecule has 1 N–H and O–H groups in total. The highest BCUT2D eigenvalue weighted by molar-refractivity contribution is 7.90. The Balaban J connectivity index is 1.95. The molecule has 0 bridgehead atoms. The van der Waals surface area contributed by atoms with Gasteiger partial charge in [0.15, 0.2) is 5.69 Å². The van der Waals surface area contributed by atoms with E-state index in [1.807, 2.05) is 4.72 Å². The Morgan fingerprint density at radius 1 is 1.04 bits per heavy atom. The smallest absolute Gasteiger partial charge is 0.266 e. The lowest BCUT2D eigenvalue weighted by Gasteiger charge is -2.10. The van der Waals surface area contributed by atoms with Gasteiger partial charge in [0.05, 0.1) is 20.8 Å². The van der Waals surface area contributed by atoms with Crippen molar-refractivity contribution < 1.29 is 13.2 Å². The van der Waals surface area contributed by atoms with Crippen LogP contribution in [0.3, 0.4) is 0 Å². The first-order chi connectivity index (χ1) is 13.1. The van der Waals surface area contributed by atoms with Crippen LogP contribution in [0.2, 0.25) is 15.1 Å². The van der Waals surface area contributed by atoms with Gasteiger partial charge in [-0.2, -0.15) is 5.10 Å². The molecular formula is C18H14Cl3N3O3S. The van der Waals surface area contributed by atoms with Gasteiger partial charge < -0.3 is 0 Å². The number of amides is 1. The van der Waals surface area contributed by atoms with E-state index in [-0.39, 0.29) is 20.6 Å². The summed E-state index contributed by atoms with van der Waals surface area (Å²) in [6, 6.07) is 11.1. The van der Waals surface area contributed by atoms with Gasteiger partial charge in [0, 0.05) is 5.69 Å². The lowest BCUT2D eigenvalue weighted by atomic mass is 10.2. The molecule has 0 aliphatic heterocycles. The highest BCUT2D eigenvalue weighted by atomic mass is 35.5. The molecule has 1 aromatic heterocycles. The number of aromatic nitrogens is 2. The summed E-state index contributed by atoms with van der Waals surface area (Å²) in [5, 5.41) is 4.79. The van der Waals surface area contributed by atoms with Crippen molar-refractivity contribution in [3.63, 3.8) is 0 Å². The second-order valence-corrected chi connectivity index (χ2v) is 8.79. The Labute approximate surface area is 177 Å². The van der Waals surface area contributed by atoms with Crippen LogP contribution < -0.4 is 4.72 Å². The molecule has 1 heterocycles. The van der Waals surface area contributed by atoms with Crippen LogP contribution in [-0.4, -0.2) is 24.1 Å². The van der Waals surface area contributed by atoms with Gasteiger partial charge in [0.25, 0.3) is 15.9 Å². The molecule has 0 saturated heterocycles. The Morgan fingerprint density at radius 3 is 2.36 bits per heavy atom. The van der Waals surface area contributed by atoms with Crippen molar-refractivity contribution in [1.29, 1.82) is 0 Å². The number of halogens is 3. The molecule has 0 aliphatic carbocycles. The van der Waals surface area contributed by atoms with Crippen LogP contribution in [0.1, 0.15) is 21.7 Å². The Hall–Kier alpha value is -2.06. The first-order valence-electron chi connectivity index (χ1n) is 7.95. The molecule has 28 heavy (non-hydrogen) atoms. The maximum atomic E-state index is 12.6. The standard InChI is InChI=1S/C18H14Cl3N3O3S/c1-10-5-3-7-13(20)17(10)28(26,27)23-18(25)14-9-11(2)24(22-14)15-8-4-6-12(19)16(15)21/h3-9H,1-2H3,(H,23,25). The molecule has 2 aromatic carbocycles. The predicted octanol–water partition coefficient (Wildman–Crippen LogP) is 4.57. The molecule has 0 atom stereocenters. The van der Waals surface area contributed by atoms with Crippen LogP contribution in [0.4, 0.5) is 0 Å². The fraction of sp³-hybridized carbons (Fsp3) is 0.111. The van der Waals surface area contributed by atoms with Crippen molar-refractivity contribution in [2.45, 2.75) is 18.7 Å². The van der Waals surface area contributed by atoms with E-state index < -0.39 is 15.9 Å². The van der Waals surface area contributed by atoms with E-state index in [9.17, 15) is 13.2 Å². The van der Waals surface area contributed by atoms with Gasteiger partial charge >= 0.3 is 0 Å². The summed E-state index contributed by atoms with van der Waals surface area (Å²) in [5.74, 6) is -0.890. The van der Waals surface area contributed by atoms with Crippen LogP contribution in [0.15, 0.2) is 47.4 Å². The van der Waals surface area contributed by atoms with Crippen molar-refractivity contribution in [2.75, 3.05) is 0 Å². The van der Waals surface area contributed by atoms with Crippen LogP contribution >= 0.6 is 34.8 Å². The predicted molar refractivity (Wildman–Crippen MR) is 109 cm³/mol. The molecular weight excluding hydrogens is 445 g/mol. The average Bonchev–Trinajstić information content (AvgIpc) is 2.98.